The molecule has 1 unspecified atom stereocenters. The Balaban J connectivity index is 0.000000810. The van der Waals surface area contributed by atoms with Crippen LogP contribution in [0, 0.1) is 0 Å². The highest BCUT2D eigenvalue weighted by Crippen LogP contribution is 2.38. The lowest BCUT2D eigenvalue weighted by molar-refractivity contribution is 0.195. The molecule has 1 aliphatic heterocycles. The van der Waals surface area contributed by atoms with Crippen LogP contribution in [0.15, 0.2) is 4.52 Å². The largest absolute Gasteiger partial charge is 0.339 e. The van der Waals surface area contributed by atoms with Crippen molar-refractivity contribution in [3.8, 4) is 0 Å². The van der Waals surface area contributed by atoms with Crippen molar-refractivity contribution in [2.45, 2.75) is 44.2 Å². The van der Waals surface area contributed by atoms with E-state index in [0.717, 1.165) is 37.8 Å². The first-order valence-corrected chi connectivity index (χ1v) is 6.11. The lowest BCUT2D eigenvalue weighted by Crippen LogP contribution is -2.42. The van der Waals surface area contributed by atoms with Gasteiger partial charge in [-0.25, -0.2) is 0 Å². The molecule has 2 aliphatic rings. The Bertz CT molecular complexity index is 370. The second kappa shape index (κ2) is 6.70. The molecule has 2 heterocycles. The van der Waals surface area contributed by atoms with Crippen LogP contribution in [-0.2, 0) is 6.54 Å². The molecule has 0 amide bonds. The van der Waals surface area contributed by atoms with Gasteiger partial charge in [0.2, 0.25) is 5.89 Å². The first kappa shape index (κ1) is 15.7. The van der Waals surface area contributed by atoms with E-state index >= 15 is 0 Å². The van der Waals surface area contributed by atoms with E-state index < -0.39 is 0 Å². The van der Waals surface area contributed by atoms with E-state index in [1.807, 2.05) is 0 Å². The van der Waals surface area contributed by atoms with Crippen LogP contribution in [0.5, 0.6) is 0 Å². The van der Waals surface area contributed by atoms with Crippen LogP contribution in [0.2, 0.25) is 0 Å². The van der Waals surface area contributed by atoms with Crippen LogP contribution in [-0.4, -0.2) is 34.2 Å². The molecule has 2 N–H and O–H groups in total. The Morgan fingerprint density at radius 1 is 1.28 bits per heavy atom. The highest BCUT2D eigenvalue weighted by atomic mass is 35.5. The van der Waals surface area contributed by atoms with Gasteiger partial charge in [0.15, 0.2) is 5.82 Å². The van der Waals surface area contributed by atoms with Crippen molar-refractivity contribution in [1.82, 2.24) is 15.0 Å². The van der Waals surface area contributed by atoms with Gasteiger partial charge in [-0.1, -0.05) is 5.16 Å². The van der Waals surface area contributed by atoms with Gasteiger partial charge >= 0.3 is 0 Å². The predicted molar refractivity (Wildman–Crippen MR) is 73.3 cm³/mol. The van der Waals surface area contributed by atoms with Crippen molar-refractivity contribution in [2.75, 3.05) is 13.1 Å². The standard InChI is InChI=1S/C11H18N4O.2ClH/c12-9-2-1-5-15(6-9)7-10-13-11(16-14-10)8-3-4-8;;/h8-9H,1-7,12H2;2*1H. The summed E-state index contributed by atoms with van der Waals surface area (Å²) < 4.78 is 5.24. The summed E-state index contributed by atoms with van der Waals surface area (Å²) in [5.74, 6) is 2.19. The topological polar surface area (TPSA) is 68.2 Å². The molecular weight excluding hydrogens is 275 g/mol. The summed E-state index contributed by atoms with van der Waals surface area (Å²) in [6.45, 7) is 2.83. The van der Waals surface area contributed by atoms with E-state index in [2.05, 4.69) is 15.0 Å². The number of hydrogen-bond donors (Lipinski definition) is 1. The van der Waals surface area contributed by atoms with Crippen LogP contribution in [0.4, 0.5) is 0 Å². The predicted octanol–water partition coefficient (Wildman–Crippen LogP) is 1.71. The number of rotatable bonds is 3. The Morgan fingerprint density at radius 2 is 2.06 bits per heavy atom. The number of piperidine rings is 1. The summed E-state index contributed by atoms with van der Waals surface area (Å²) in [6, 6.07) is 0.309. The molecule has 2 fully saturated rings. The quantitative estimate of drug-likeness (QED) is 0.919. The van der Waals surface area contributed by atoms with Crippen molar-refractivity contribution in [3.63, 3.8) is 0 Å². The van der Waals surface area contributed by atoms with Gasteiger partial charge in [0.05, 0.1) is 6.54 Å². The van der Waals surface area contributed by atoms with Gasteiger partial charge in [-0.2, -0.15) is 4.98 Å². The summed E-state index contributed by atoms with van der Waals surface area (Å²) >= 11 is 0. The Labute approximate surface area is 119 Å². The van der Waals surface area contributed by atoms with Crippen LogP contribution in [0.1, 0.15) is 43.3 Å². The van der Waals surface area contributed by atoms with Gasteiger partial charge in [-0.3, -0.25) is 4.90 Å². The zero-order valence-corrected chi connectivity index (χ0v) is 11.9. The molecule has 0 aromatic carbocycles. The molecule has 1 aliphatic carbocycles. The molecule has 1 atom stereocenters. The van der Waals surface area contributed by atoms with E-state index in [0.29, 0.717) is 12.0 Å². The summed E-state index contributed by atoms with van der Waals surface area (Å²) in [6.07, 6.45) is 4.72. The maximum absolute atomic E-state index is 5.94. The smallest absolute Gasteiger partial charge is 0.229 e. The SMILES string of the molecule is Cl.Cl.NC1CCCN(Cc2noc(C3CC3)n2)C1. The minimum Gasteiger partial charge on any atom is -0.339 e. The van der Waals surface area contributed by atoms with Gasteiger partial charge in [-0.05, 0) is 32.2 Å². The summed E-state index contributed by atoms with van der Waals surface area (Å²) in [4.78, 5) is 6.75. The third-order valence-corrected chi connectivity index (χ3v) is 3.32. The fraction of sp³-hybridized carbons (Fsp3) is 0.818. The average molecular weight is 295 g/mol. The highest BCUT2D eigenvalue weighted by molar-refractivity contribution is 5.85. The van der Waals surface area contributed by atoms with Crippen LogP contribution < -0.4 is 5.73 Å². The molecule has 1 aromatic heterocycles. The number of likely N-dealkylation sites (tertiary alicyclic amines) is 1. The van der Waals surface area contributed by atoms with E-state index in [4.69, 9.17) is 10.3 Å². The number of halogens is 2. The molecule has 3 rings (SSSR count). The van der Waals surface area contributed by atoms with E-state index in [9.17, 15) is 0 Å². The van der Waals surface area contributed by atoms with E-state index in [-0.39, 0.29) is 24.8 Å². The second-order valence-electron chi connectivity index (χ2n) is 4.96. The number of nitrogens with zero attached hydrogens (tertiary/aromatic N) is 3. The maximum Gasteiger partial charge on any atom is 0.229 e. The third kappa shape index (κ3) is 3.82. The van der Waals surface area contributed by atoms with E-state index in [1.54, 1.807) is 0 Å². The molecule has 1 saturated heterocycles. The maximum atomic E-state index is 5.94. The lowest BCUT2D eigenvalue weighted by Gasteiger charge is -2.29. The molecule has 5 nitrogen and oxygen atoms in total. The minimum absolute atomic E-state index is 0. The van der Waals surface area contributed by atoms with Gasteiger partial charge < -0.3 is 10.3 Å². The lowest BCUT2D eigenvalue weighted by atomic mass is 10.1. The molecule has 0 radical (unpaired) electrons. The summed E-state index contributed by atoms with van der Waals surface area (Å²) in [5.41, 5.74) is 5.94. The number of nitrogens with two attached hydrogens (primary N) is 1. The molecule has 7 heteroatoms. The van der Waals surface area contributed by atoms with Crippen molar-refractivity contribution >= 4 is 24.8 Å². The van der Waals surface area contributed by atoms with Crippen LogP contribution in [0.3, 0.4) is 0 Å². The number of aromatic nitrogens is 2. The molecule has 1 aromatic rings. The monoisotopic (exact) mass is 294 g/mol. The number of hydrogen-bond acceptors (Lipinski definition) is 5. The van der Waals surface area contributed by atoms with Crippen molar-refractivity contribution in [3.05, 3.63) is 11.7 Å². The zero-order valence-electron chi connectivity index (χ0n) is 10.2. The fourth-order valence-corrected chi connectivity index (χ4v) is 2.26. The minimum atomic E-state index is 0. The molecule has 0 spiro atoms. The Morgan fingerprint density at radius 3 is 2.72 bits per heavy atom. The van der Waals surface area contributed by atoms with Crippen molar-refractivity contribution in [2.24, 2.45) is 5.73 Å². The normalized spacial score (nSPS) is 24.2. The fourth-order valence-electron chi connectivity index (χ4n) is 2.26. The van der Waals surface area contributed by atoms with Crippen molar-refractivity contribution in [1.29, 1.82) is 0 Å². The highest BCUT2D eigenvalue weighted by Gasteiger charge is 2.30. The molecule has 104 valence electrons. The van der Waals surface area contributed by atoms with Crippen LogP contribution in [0.25, 0.3) is 0 Å². The first-order valence-electron chi connectivity index (χ1n) is 6.11. The molecule has 18 heavy (non-hydrogen) atoms. The van der Waals surface area contributed by atoms with Crippen LogP contribution >= 0.6 is 24.8 Å². The summed E-state index contributed by atoms with van der Waals surface area (Å²) in [7, 11) is 0. The second-order valence-corrected chi connectivity index (χ2v) is 4.96. The first-order chi connectivity index (χ1) is 7.81. The average Bonchev–Trinajstić information content (AvgIpc) is 3.01. The Kier molecular flexibility index (Phi) is 5.85. The van der Waals surface area contributed by atoms with Gasteiger partial charge in [0.1, 0.15) is 0 Å². The molecule has 0 bridgehead atoms. The van der Waals surface area contributed by atoms with Gasteiger partial charge in [0.25, 0.3) is 0 Å². The molecule has 1 saturated carbocycles. The zero-order chi connectivity index (χ0) is 11.0. The van der Waals surface area contributed by atoms with Gasteiger partial charge in [0, 0.05) is 18.5 Å². The Hall–Kier alpha value is -0.360. The third-order valence-electron chi connectivity index (χ3n) is 3.32. The molecular formula is C11H20Cl2N4O. The van der Waals surface area contributed by atoms with E-state index in [1.165, 1.54) is 19.3 Å². The van der Waals surface area contributed by atoms with Gasteiger partial charge in [-0.15, -0.1) is 24.8 Å². The summed E-state index contributed by atoms with van der Waals surface area (Å²) in [5, 5.41) is 4.03. The van der Waals surface area contributed by atoms with Crippen molar-refractivity contribution < 1.29 is 4.52 Å².